The van der Waals surface area contributed by atoms with Gasteiger partial charge in [0.1, 0.15) is 23.7 Å². The third-order valence-corrected chi connectivity index (χ3v) is 13.3. The number of carbonyl (C=O) groups is 4. The zero-order chi connectivity index (χ0) is 40.8. The fourth-order valence-electron chi connectivity index (χ4n) is 7.47. The van der Waals surface area contributed by atoms with E-state index in [0.717, 1.165) is 19.2 Å². The summed E-state index contributed by atoms with van der Waals surface area (Å²) in [5.41, 5.74) is -3.81. The highest BCUT2D eigenvalue weighted by Crippen LogP contribution is 2.46. The van der Waals surface area contributed by atoms with Gasteiger partial charge < -0.3 is 29.7 Å². The molecule has 6 rings (SSSR count). The number of nitrogens with one attached hydrogen (secondary N) is 3. The number of hydrogen-bond donors (Lipinski definition) is 3. The van der Waals surface area contributed by atoms with E-state index in [9.17, 15) is 36.4 Å². The van der Waals surface area contributed by atoms with E-state index >= 15 is 0 Å². The van der Waals surface area contributed by atoms with E-state index < -0.39 is 86.2 Å². The van der Waals surface area contributed by atoms with E-state index in [1.54, 1.807) is 25.1 Å². The van der Waals surface area contributed by atoms with E-state index in [1.165, 1.54) is 12.0 Å². The number of fused-ring (bicyclic) bond motifs is 3. The van der Waals surface area contributed by atoms with Crippen molar-refractivity contribution in [3.63, 3.8) is 0 Å². The molecule has 2 aromatic rings. The number of amides is 4. The smallest absolute Gasteiger partial charge is 0.408 e. The van der Waals surface area contributed by atoms with Crippen LogP contribution in [-0.2, 0) is 29.1 Å². The fourth-order valence-corrected chi connectivity index (χ4v) is 8.83. The average Bonchev–Trinajstić information content (AvgIpc) is 4.04. The van der Waals surface area contributed by atoms with Crippen molar-refractivity contribution in [2.45, 2.75) is 120 Å². The largest absolute Gasteiger partial charge is 0.481 e. The van der Waals surface area contributed by atoms with Gasteiger partial charge >= 0.3 is 6.09 Å². The Labute approximate surface area is 325 Å². The normalized spacial score (nSPS) is 29.5. The Balaban J connectivity index is 1.36. The van der Waals surface area contributed by atoms with E-state index in [-0.39, 0.29) is 37.1 Å². The molecule has 0 radical (unpaired) electrons. The number of nitrogens with zero attached hydrogens (tertiary/aromatic N) is 2. The Bertz CT molecular complexity index is 2000. The molecule has 1 saturated heterocycles. The predicted octanol–water partition coefficient (Wildman–Crippen LogP) is 4.62. The van der Waals surface area contributed by atoms with Crippen LogP contribution in [0, 0.1) is 17.8 Å². The molecular weight excluding hydrogens is 753 g/mol. The summed E-state index contributed by atoms with van der Waals surface area (Å²) in [7, 11) is -2.49. The lowest BCUT2D eigenvalue weighted by Crippen LogP contribution is -2.59. The third-order valence-electron chi connectivity index (χ3n) is 11.5. The molecule has 3 fully saturated rings. The van der Waals surface area contributed by atoms with E-state index in [2.05, 4.69) is 20.3 Å². The number of benzene rings is 1. The number of sulfonamides is 1. The van der Waals surface area contributed by atoms with E-state index in [0.29, 0.717) is 44.4 Å². The number of ether oxygens (including phenoxy) is 3. The number of pyridine rings is 1. The Morgan fingerprint density at radius 2 is 1.79 bits per heavy atom. The van der Waals surface area contributed by atoms with Crippen molar-refractivity contribution in [1.29, 1.82) is 0 Å². The summed E-state index contributed by atoms with van der Waals surface area (Å²) in [6.45, 7) is 6.34. The van der Waals surface area contributed by atoms with E-state index in [4.69, 9.17) is 14.2 Å². The number of carbonyl (C=O) groups excluding carboxylic acids is 4. The summed E-state index contributed by atoms with van der Waals surface area (Å²) in [6.07, 6.45) is 4.28. The molecule has 0 bridgehead atoms. The molecule has 2 unspecified atom stereocenters. The number of rotatable bonds is 9. The zero-order valence-electron chi connectivity index (χ0n) is 32.5. The summed E-state index contributed by atoms with van der Waals surface area (Å²) >= 11 is 0. The molecule has 2 aliphatic heterocycles. The van der Waals surface area contributed by atoms with Crippen LogP contribution in [0.2, 0.25) is 0 Å². The van der Waals surface area contributed by atoms with Gasteiger partial charge in [-0.3, -0.25) is 19.1 Å². The van der Waals surface area contributed by atoms with Gasteiger partial charge in [-0.25, -0.2) is 22.0 Å². The number of alkyl halides is 2. The van der Waals surface area contributed by atoms with Crippen LogP contribution < -0.4 is 24.8 Å². The second-order valence-corrected chi connectivity index (χ2v) is 18.3. The van der Waals surface area contributed by atoms with Crippen LogP contribution in [-0.4, -0.2) is 96.3 Å². The molecule has 17 heteroatoms. The minimum Gasteiger partial charge on any atom is -0.481 e. The molecular formula is C39H51F2N5O9S. The predicted molar refractivity (Wildman–Crippen MR) is 201 cm³/mol. The Hall–Kier alpha value is -4.54. The highest BCUT2D eigenvalue weighted by atomic mass is 32.2. The first kappa shape index (κ1) is 41.1. The van der Waals surface area contributed by atoms with Gasteiger partial charge in [0.15, 0.2) is 5.60 Å². The van der Waals surface area contributed by atoms with Crippen LogP contribution in [0.5, 0.6) is 11.8 Å². The van der Waals surface area contributed by atoms with Crippen molar-refractivity contribution in [2.75, 3.05) is 13.7 Å². The Kier molecular flexibility index (Phi) is 11.3. The molecule has 1 aromatic carbocycles. The topological polar surface area (TPSA) is 182 Å². The highest BCUT2D eigenvalue weighted by molar-refractivity contribution is 7.91. The van der Waals surface area contributed by atoms with Gasteiger partial charge in [-0.2, -0.15) is 4.98 Å². The van der Waals surface area contributed by atoms with Crippen molar-refractivity contribution in [3.8, 4) is 11.8 Å². The molecule has 2 aliphatic carbocycles. The molecule has 0 spiro atoms. The Morgan fingerprint density at radius 1 is 1.07 bits per heavy atom. The molecule has 306 valence electrons. The maximum atomic E-state index is 14.8. The second kappa shape index (κ2) is 15.4. The summed E-state index contributed by atoms with van der Waals surface area (Å²) in [5, 5.41) is 6.10. The highest BCUT2D eigenvalue weighted by Gasteiger charge is 2.62. The van der Waals surface area contributed by atoms with Crippen molar-refractivity contribution >= 4 is 44.6 Å². The quantitative estimate of drug-likeness (QED) is 0.303. The van der Waals surface area contributed by atoms with Gasteiger partial charge in [0.05, 0.1) is 18.9 Å². The van der Waals surface area contributed by atoms with Crippen molar-refractivity contribution in [3.05, 3.63) is 42.5 Å². The number of allylic oxidation sites excluding steroid dienone is 1. The summed E-state index contributed by atoms with van der Waals surface area (Å²) < 4.78 is 73.6. The molecule has 56 heavy (non-hydrogen) atoms. The fraction of sp³-hybridized carbons (Fsp3) is 0.615. The molecule has 3 heterocycles. The van der Waals surface area contributed by atoms with Gasteiger partial charge in [0.2, 0.25) is 33.6 Å². The number of methoxy groups -OCH3 is 1. The van der Waals surface area contributed by atoms with Crippen molar-refractivity contribution in [1.82, 2.24) is 25.2 Å². The minimum absolute atomic E-state index is 0.0258. The minimum atomic E-state index is -3.95. The number of hydrogen-bond acceptors (Lipinski definition) is 10. The first-order valence-electron chi connectivity index (χ1n) is 19.1. The first-order chi connectivity index (χ1) is 26.2. The van der Waals surface area contributed by atoms with Crippen LogP contribution in [0.15, 0.2) is 42.5 Å². The molecule has 4 amide bonds. The lowest BCUT2D eigenvalue weighted by atomic mass is 9.88. The summed E-state index contributed by atoms with van der Waals surface area (Å²) in [4.78, 5) is 62.0. The van der Waals surface area contributed by atoms with Crippen LogP contribution in [0.1, 0.15) is 79.6 Å². The van der Waals surface area contributed by atoms with Gasteiger partial charge in [0, 0.05) is 30.7 Å². The third kappa shape index (κ3) is 8.71. The molecule has 1 aromatic heterocycles. The monoisotopic (exact) mass is 803 g/mol. The Morgan fingerprint density at radius 3 is 2.46 bits per heavy atom. The molecule has 7 atom stereocenters. The van der Waals surface area contributed by atoms with Crippen molar-refractivity contribution < 1.29 is 50.6 Å². The maximum absolute atomic E-state index is 14.8. The second-order valence-electron chi connectivity index (χ2n) is 16.4. The van der Waals surface area contributed by atoms with Gasteiger partial charge in [-0.05, 0) is 75.7 Å². The van der Waals surface area contributed by atoms with Crippen LogP contribution in [0.25, 0.3) is 10.8 Å². The van der Waals surface area contributed by atoms with Crippen LogP contribution in [0.3, 0.4) is 0 Å². The molecule has 3 N–H and O–H groups in total. The maximum Gasteiger partial charge on any atom is 0.408 e. The molecule has 2 saturated carbocycles. The van der Waals surface area contributed by atoms with Gasteiger partial charge in [0.25, 0.3) is 11.8 Å². The summed E-state index contributed by atoms with van der Waals surface area (Å²) in [5.74, 6) is -6.24. The lowest BCUT2D eigenvalue weighted by Gasteiger charge is -2.35. The van der Waals surface area contributed by atoms with Crippen LogP contribution in [0.4, 0.5) is 13.6 Å². The van der Waals surface area contributed by atoms with Crippen LogP contribution >= 0.6 is 0 Å². The van der Waals surface area contributed by atoms with E-state index in [1.807, 2.05) is 31.2 Å². The zero-order valence-corrected chi connectivity index (χ0v) is 33.3. The number of alkyl carbamates (subject to hydrolysis) is 1. The molecule has 4 aliphatic rings. The van der Waals surface area contributed by atoms with Gasteiger partial charge in [-0.1, -0.05) is 44.2 Å². The first-order valence-corrected chi connectivity index (χ1v) is 20.6. The van der Waals surface area contributed by atoms with Crippen molar-refractivity contribution in [2.24, 2.45) is 17.8 Å². The average molecular weight is 804 g/mol. The summed E-state index contributed by atoms with van der Waals surface area (Å²) in [6, 6.07) is 6.46. The van der Waals surface area contributed by atoms with Gasteiger partial charge in [-0.15, -0.1) is 0 Å². The number of aromatic nitrogens is 1. The standard InChI is InChI=1S/C39H51F2N5O9S/c1-22-11-7-9-13-25-20-39(25,35(49)45-56(51,52)27-15-16-27)44-32(47)29-19-26(54-33-28-14-10-8-12-24(28)18-30(42-33)53-6)21-46(29)34(48)31(23(2)17-22)43-36(50)55-37(3,4)38(5,40)41/h8-10,12-14,18,22-23,25-27,29,31H,7,11,15-17,19-21H2,1-6H3,(H,43,50)(H,44,47)(H,45,49)/b13-9-/t22-,23+,25?,26+,29-,31?,39+/m0/s1. The SMILES string of the molecule is COc1cc2ccccc2c(O[C@@H]2C[C@H]3C(=O)N[C@]4(C(=O)NS(=O)(=O)C5CC5)CC4/C=C\CC[C@H](C)C[C@@H](C)C(NC(=O)OC(C)(C)C(C)(F)F)C(=O)N3C2)n1. The number of halogens is 2. The molecule has 14 nitrogen and oxygen atoms in total. The lowest BCUT2D eigenvalue weighted by molar-refractivity contribution is -0.152.